The van der Waals surface area contributed by atoms with E-state index in [0.717, 1.165) is 17.7 Å². The van der Waals surface area contributed by atoms with E-state index in [1.807, 2.05) is 17.0 Å². The van der Waals surface area contributed by atoms with Gasteiger partial charge in [0.15, 0.2) is 11.5 Å². The summed E-state index contributed by atoms with van der Waals surface area (Å²) in [6.07, 6.45) is -2.38. The SMILES string of the molecule is COc1cc(C(=O)N2CC[C@](CCN3CCC(C(N)=O)(c4ccc(C(F)(F)F)cc4)CC3)(c3ccc(Cl)c(Cl)c3)C2)cc(OC)c1OC. The van der Waals surface area contributed by atoms with Crippen LogP contribution in [0.25, 0.3) is 0 Å². The molecule has 2 amide bonds. The molecule has 2 saturated heterocycles. The van der Waals surface area contributed by atoms with E-state index in [-0.39, 0.29) is 5.91 Å². The van der Waals surface area contributed by atoms with Gasteiger partial charge in [-0.2, -0.15) is 13.2 Å². The number of piperidine rings is 1. The predicted molar refractivity (Wildman–Crippen MR) is 177 cm³/mol. The fourth-order valence-electron chi connectivity index (χ4n) is 7.03. The van der Waals surface area contributed by atoms with Crippen molar-refractivity contribution in [1.29, 1.82) is 0 Å². The molecule has 0 aromatic heterocycles. The van der Waals surface area contributed by atoms with E-state index >= 15 is 0 Å². The van der Waals surface area contributed by atoms with Crippen molar-refractivity contribution in [1.82, 2.24) is 9.80 Å². The summed E-state index contributed by atoms with van der Waals surface area (Å²) in [6, 6.07) is 13.6. The van der Waals surface area contributed by atoms with Crippen molar-refractivity contribution >= 4 is 35.0 Å². The summed E-state index contributed by atoms with van der Waals surface area (Å²) in [5.74, 6) is 0.415. The minimum absolute atomic E-state index is 0.183. The monoisotopic (exact) mass is 707 g/mol. The second kappa shape index (κ2) is 14.1. The van der Waals surface area contributed by atoms with Crippen LogP contribution in [0, 0.1) is 0 Å². The average molecular weight is 709 g/mol. The molecule has 2 N–H and O–H groups in total. The Bertz CT molecular complexity index is 1640. The van der Waals surface area contributed by atoms with E-state index in [0.29, 0.717) is 96.8 Å². The molecule has 2 aliphatic heterocycles. The number of benzene rings is 3. The largest absolute Gasteiger partial charge is 0.493 e. The molecule has 0 bridgehead atoms. The van der Waals surface area contributed by atoms with Gasteiger partial charge in [-0.25, -0.2) is 0 Å². The van der Waals surface area contributed by atoms with Gasteiger partial charge in [-0.15, -0.1) is 0 Å². The lowest BCUT2D eigenvalue weighted by Gasteiger charge is -2.41. The molecule has 5 rings (SSSR count). The number of nitrogens with two attached hydrogens (primary N) is 1. The molecule has 2 heterocycles. The molecule has 3 aromatic carbocycles. The number of alkyl halides is 3. The van der Waals surface area contributed by atoms with Crippen LogP contribution >= 0.6 is 23.2 Å². The van der Waals surface area contributed by atoms with Crippen LogP contribution in [0.15, 0.2) is 54.6 Å². The smallest absolute Gasteiger partial charge is 0.416 e. The number of hydrogen-bond acceptors (Lipinski definition) is 6. The molecule has 13 heteroatoms. The Labute approximate surface area is 287 Å². The molecular formula is C35H38Cl2F3N3O5. The van der Waals surface area contributed by atoms with Gasteiger partial charge >= 0.3 is 6.18 Å². The summed E-state index contributed by atoms with van der Waals surface area (Å²) in [7, 11) is 4.49. The lowest BCUT2D eigenvalue weighted by molar-refractivity contribution is -0.137. The van der Waals surface area contributed by atoms with Gasteiger partial charge < -0.3 is 29.7 Å². The molecule has 48 heavy (non-hydrogen) atoms. The molecule has 1 atom stereocenters. The van der Waals surface area contributed by atoms with Crippen LogP contribution in [-0.4, -0.2) is 75.7 Å². The molecule has 0 unspecified atom stereocenters. The van der Waals surface area contributed by atoms with E-state index in [1.54, 1.807) is 18.2 Å². The Morgan fingerprint density at radius 1 is 0.833 bits per heavy atom. The Hall–Kier alpha value is -3.67. The van der Waals surface area contributed by atoms with Gasteiger partial charge in [0.05, 0.1) is 42.4 Å². The summed E-state index contributed by atoms with van der Waals surface area (Å²) in [6.45, 7) is 2.61. The summed E-state index contributed by atoms with van der Waals surface area (Å²) in [5.41, 5.74) is 5.46. The van der Waals surface area contributed by atoms with E-state index in [1.165, 1.54) is 33.5 Å². The molecular weight excluding hydrogens is 670 g/mol. The number of carbonyl (C=O) groups excluding carboxylic acids is 2. The van der Waals surface area contributed by atoms with Crippen molar-refractivity contribution in [2.75, 3.05) is 54.1 Å². The standard InChI is InChI=1S/C35H38Cl2F3N3O5/c1-46-28-18-22(19-29(47-2)30(28)48-3)31(44)43-17-11-33(21-43,25-8-9-26(36)27(37)20-25)10-14-42-15-12-34(13-16-42,32(41)45)23-4-6-24(7-5-23)35(38,39)40/h4-9,18-20H,10-17,21H2,1-3H3,(H2,41,45)/t33-/m0/s1. The Kier molecular flexibility index (Phi) is 10.4. The topological polar surface area (TPSA) is 94.3 Å². The van der Waals surface area contributed by atoms with Gasteiger partial charge in [0.2, 0.25) is 11.7 Å². The van der Waals surface area contributed by atoms with Crippen molar-refractivity contribution in [2.24, 2.45) is 5.73 Å². The van der Waals surface area contributed by atoms with Crippen molar-refractivity contribution in [2.45, 2.75) is 42.7 Å². The molecule has 0 aliphatic carbocycles. The third-order valence-corrected chi connectivity index (χ3v) is 10.7. The maximum atomic E-state index is 13.9. The normalized spacial score (nSPS) is 19.6. The average Bonchev–Trinajstić information content (AvgIpc) is 3.52. The van der Waals surface area contributed by atoms with Gasteiger partial charge in [0.25, 0.3) is 5.91 Å². The number of rotatable bonds is 10. The maximum Gasteiger partial charge on any atom is 0.416 e. The van der Waals surface area contributed by atoms with Crippen LogP contribution in [0.1, 0.15) is 52.7 Å². The molecule has 0 saturated carbocycles. The number of halogens is 5. The van der Waals surface area contributed by atoms with Crippen LogP contribution in [0.4, 0.5) is 13.2 Å². The first-order valence-electron chi connectivity index (χ1n) is 15.5. The zero-order valence-corrected chi connectivity index (χ0v) is 28.5. The molecule has 2 fully saturated rings. The molecule has 258 valence electrons. The molecule has 2 aliphatic rings. The van der Waals surface area contributed by atoms with Crippen molar-refractivity contribution in [3.8, 4) is 17.2 Å². The van der Waals surface area contributed by atoms with Gasteiger partial charge in [-0.05, 0) is 92.8 Å². The van der Waals surface area contributed by atoms with Crippen molar-refractivity contribution in [3.05, 3.63) is 86.9 Å². The highest BCUT2D eigenvalue weighted by molar-refractivity contribution is 6.42. The fourth-order valence-corrected chi connectivity index (χ4v) is 7.33. The highest BCUT2D eigenvalue weighted by atomic mass is 35.5. The minimum Gasteiger partial charge on any atom is -0.493 e. The Balaban J connectivity index is 1.35. The lowest BCUT2D eigenvalue weighted by atomic mass is 9.71. The van der Waals surface area contributed by atoms with Crippen LogP contribution in [0.5, 0.6) is 17.2 Å². The molecule has 3 aromatic rings. The second-order valence-corrected chi connectivity index (χ2v) is 13.2. The molecule has 8 nitrogen and oxygen atoms in total. The van der Waals surface area contributed by atoms with Crippen molar-refractivity contribution < 1.29 is 37.0 Å². The van der Waals surface area contributed by atoms with Crippen LogP contribution in [0.3, 0.4) is 0 Å². The quantitative estimate of drug-likeness (QED) is 0.251. The Morgan fingerprint density at radius 3 is 1.96 bits per heavy atom. The summed E-state index contributed by atoms with van der Waals surface area (Å²) in [5, 5.41) is 0.852. The number of nitrogens with zero attached hydrogens (tertiary/aromatic N) is 2. The second-order valence-electron chi connectivity index (χ2n) is 12.4. The van der Waals surface area contributed by atoms with Crippen molar-refractivity contribution in [3.63, 3.8) is 0 Å². The summed E-state index contributed by atoms with van der Waals surface area (Å²) in [4.78, 5) is 30.7. The number of primary amides is 1. The number of likely N-dealkylation sites (tertiary alicyclic amines) is 2. The van der Waals surface area contributed by atoms with E-state index in [9.17, 15) is 22.8 Å². The number of methoxy groups -OCH3 is 3. The highest BCUT2D eigenvalue weighted by Crippen LogP contribution is 2.44. The zero-order valence-electron chi connectivity index (χ0n) is 27.0. The van der Waals surface area contributed by atoms with Gasteiger partial charge in [0, 0.05) is 24.1 Å². The van der Waals surface area contributed by atoms with Gasteiger partial charge in [-0.3, -0.25) is 9.59 Å². The highest BCUT2D eigenvalue weighted by Gasteiger charge is 2.45. The first-order chi connectivity index (χ1) is 22.8. The number of hydrogen-bond donors (Lipinski definition) is 1. The van der Waals surface area contributed by atoms with Crippen LogP contribution in [-0.2, 0) is 21.8 Å². The molecule has 0 spiro atoms. The Morgan fingerprint density at radius 2 is 1.44 bits per heavy atom. The predicted octanol–water partition coefficient (Wildman–Crippen LogP) is 6.73. The van der Waals surface area contributed by atoms with E-state index in [2.05, 4.69) is 4.90 Å². The number of ether oxygens (including phenoxy) is 3. The summed E-state index contributed by atoms with van der Waals surface area (Å²) >= 11 is 12.8. The van der Waals surface area contributed by atoms with Crippen LogP contribution in [0.2, 0.25) is 10.0 Å². The van der Waals surface area contributed by atoms with Gasteiger partial charge in [0.1, 0.15) is 0 Å². The first-order valence-corrected chi connectivity index (χ1v) is 16.3. The molecule has 0 radical (unpaired) electrons. The number of carbonyl (C=O) groups is 2. The maximum absolute atomic E-state index is 13.9. The third kappa shape index (κ3) is 6.91. The third-order valence-electron chi connectivity index (χ3n) is 9.94. The first kappa shape index (κ1) is 35.6. The van der Waals surface area contributed by atoms with E-state index < -0.39 is 28.5 Å². The van der Waals surface area contributed by atoms with E-state index in [4.69, 9.17) is 43.1 Å². The fraction of sp³-hybridized carbons (Fsp3) is 0.429. The van der Waals surface area contributed by atoms with Crippen LogP contribution < -0.4 is 19.9 Å². The lowest BCUT2D eigenvalue weighted by Crippen LogP contribution is -2.50. The number of amides is 2. The minimum atomic E-state index is -4.47. The zero-order chi connectivity index (χ0) is 34.9. The van der Waals surface area contributed by atoms with Gasteiger partial charge in [-0.1, -0.05) is 41.4 Å². The summed E-state index contributed by atoms with van der Waals surface area (Å²) < 4.78 is 55.9.